The smallest absolute Gasteiger partial charge is 0.00206 e. The van der Waals surface area contributed by atoms with Crippen LogP contribution in [-0.2, 0) is 0 Å². The van der Waals surface area contributed by atoms with Gasteiger partial charge in [-0.25, -0.2) is 0 Å². The maximum Gasteiger partial charge on any atom is 0.00206 e. The molecule has 1 N–H and O–H groups in total. The average molecular weight is 167 g/mol. The highest BCUT2D eigenvalue weighted by molar-refractivity contribution is 5.09. The number of hydrogen-bond donors (Lipinski definition) is 1. The van der Waals surface area contributed by atoms with Gasteiger partial charge in [0.05, 0.1) is 0 Å². The van der Waals surface area contributed by atoms with Crippen LogP contribution in [0.3, 0.4) is 0 Å². The largest absolute Gasteiger partial charge is 0.316 e. The second-order valence-corrected chi connectivity index (χ2v) is 5.33. The third kappa shape index (κ3) is 0.953. The first-order valence-electron chi connectivity index (χ1n) is 5.33. The lowest BCUT2D eigenvalue weighted by atomic mass is 9.46. The Bertz CT molecular complexity index is 171. The minimum Gasteiger partial charge on any atom is -0.316 e. The minimum atomic E-state index is 0.710. The predicted molar refractivity (Wildman–Crippen MR) is 52.1 cm³/mol. The Morgan fingerprint density at radius 2 is 1.83 bits per heavy atom. The van der Waals surface area contributed by atoms with Crippen LogP contribution in [0.4, 0.5) is 0 Å². The molecule has 0 amide bonds. The zero-order valence-electron chi connectivity index (χ0n) is 8.61. The zero-order chi connectivity index (χ0) is 8.82. The number of hydrogen-bond acceptors (Lipinski definition) is 1. The standard InChI is InChI=1S/C11H21N/c1-4-11(9(2)3)5-10(6-11)7-12-8-10/h9,12H,4-8H2,1-3H3. The van der Waals surface area contributed by atoms with Crippen molar-refractivity contribution in [3.63, 3.8) is 0 Å². The zero-order valence-corrected chi connectivity index (χ0v) is 8.61. The van der Waals surface area contributed by atoms with Crippen molar-refractivity contribution >= 4 is 0 Å². The Labute approximate surface area is 75.9 Å². The molecule has 2 rings (SSSR count). The summed E-state index contributed by atoms with van der Waals surface area (Å²) in [5.74, 6) is 0.883. The maximum atomic E-state index is 3.40. The third-order valence-corrected chi connectivity index (χ3v) is 4.38. The molecule has 0 aromatic carbocycles. The normalized spacial score (nSPS) is 30.0. The molecule has 1 spiro atoms. The van der Waals surface area contributed by atoms with Crippen LogP contribution in [0.25, 0.3) is 0 Å². The molecule has 12 heavy (non-hydrogen) atoms. The van der Waals surface area contributed by atoms with Gasteiger partial charge in [-0.05, 0) is 29.6 Å². The molecule has 2 aliphatic rings. The molecule has 0 bridgehead atoms. The van der Waals surface area contributed by atoms with Crippen molar-refractivity contribution < 1.29 is 0 Å². The van der Waals surface area contributed by atoms with Gasteiger partial charge in [0.1, 0.15) is 0 Å². The second kappa shape index (κ2) is 2.47. The van der Waals surface area contributed by atoms with Crippen molar-refractivity contribution in [2.45, 2.75) is 40.0 Å². The van der Waals surface area contributed by atoms with E-state index in [1.807, 2.05) is 0 Å². The first-order chi connectivity index (χ1) is 5.63. The lowest BCUT2D eigenvalue weighted by Gasteiger charge is -2.63. The van der Waals surface area contributed by atoms with Crippen LogP contribution in [0.5, 0.6) is 0 Å². The van der Waals surface area contributed by atoms with Crippen LogP contribution in [-0.4, -0.2) is 13.1 Å². The molecule has 1 saturated carbocycles. The van der Waals surface area contributed by atoms with Gasteiger partial charge in [-0.15, -0.1) is 0 Å². The Hall–Kier alpha value is -0.0400. The van der Waals surface area contributed by atoms with Gasteiger partial charge >= 0.3 is 0 Å². The summed E-state index contributed by atoms with van der Waals surface area (Å²) >= 11 is 0. The topological polar surface area (TPSA) is 12.0 Å². The Morgan fingerprint density at radius 3 is 2.08 bits per heavy atom. The first kappa shape index (κ1) is 8.55. The summed E-state index contributed by atoms with van der Waals surface area (Å²) < 4.78 is 0. The van der Waals surface area contributed by atoms with E-state index in [1.54, 1.807) is 0 Å². The van der Waals surface area contributed by atoms with Gasteiger partial charge in [-0.2, -0.15) is 0 Å². The van der Waals surface area contributed by atoms with E-state index in [9.17, 15) is 0 Å². The van der Waals surface area contributed by atoms with E-state index < -0.39 is 0 Å². The van der Waals surface area contributed by atoms with Gasteiger partial charge in [0.2, 0.25) is 0 Å². The molecular weight excluding hydrogens is 146 g/mol. The Morgan fingerprint density at radius 1 is 1.25 bits per heavy atom. The van der Waals surface area contributed by atoms with Crippen LogP contribution in [0, 0.1) is 16.7 Å². The molecule has 1 aliphatic heterocycles. The van der Waals surface area contributed by atoms with Crippen molar-refractivity contribution in [2.24, 2.45) is 16.7 Å². The summed E-state index contributed by atoms with van der Waals surface area (Å²) in [6.45, 7) is 9.73. The van der Waals surface area contributed by atoms with Crippen LogP contribution >= 0.6 is 0 Å². The Kier molecular flexibility index (Phi) is 1.76. The molecule has 1 nitrogen and oxygen atoms in total. The fraction of sp³-hybridized carbons (Fsp3) is 1.00. The molecule has 0 radical (unpaired) electrons. The average Bonchev–Trinajstić information content (AvgIpc) is 1.82. The van der Waals surface area contributed by atoms with E-state index in [0.717, 1.165) is 11.3 Å². The van der Waals surface area contributed by atoms with E-state index in [-0.39, 0.29) is 0 Å². The van der Waals surface area contributed by atoms with Crippen LogP contribution < -0.4 is 5.32 Å². The highest BCUT2D eigenvalue weighted by atomic mass is 15.0. The van der Waals surface area contributed by atoms with Crippen LogP contribution in [0.2, 0.25) is 0 Å². The lowest BCUT2D eigenvalue weighted by molar-refractivity contribution is -0.107. The van der Waals surface area contributed by atoms with E-state index in [2.05, 4.69) is 26.1 Å². The van der Waals surface area contributed by atoms with Crippen LogP contribution in [0.1, 0.15) is 40.0 Å². The van der Waals surface area contributed by atoms with Crippen molar-refractivity contribution in [1.29, 1.82) is 0 Å². The molecule has 1 heteroatoms. The number of nitrogens with one attached hydrogen (secondary N) is 1. The second-order valence-electron chi connectivity index (χ2n) is 5.33. The highest BCUT2D eigenvalue weighted by Crippen LogP contribution is 2.61. The summed E-state index contributed by atoms with van der Waals surface area (Å²) in [7, 11) is 0. The molecule has 1 heterocycles. The molecule has 0 atom stereocenters. The molecule has 2 fully saturated rings. The summed E-state index contributed by atoms with van der Waals surface area (Å²) in [5, 5.41) is 3.40. The van der Waals surface area contributed by atoms with Gasteiger partial charge in [0.25, 0.3) is 0 Å². The lowest BCUT2D eigenvalue weighted by Crippen LogP contribution is -2.65. The first-order valence-corrected chi connectivity index (χ1v) is 5.33. The van der Waals surface area contributed by atoms with Gasteiger partial charge in [-0.3, -0.25) is 0 Å². The van der Waals surface area contributed by atoms with Crippen molar-refractivity contribution in [3.8, 4) is 0 Å². The van der Waals surface area contributed by atoms with Gasteiger partial charge in [-0.1, -0.05) is 27.2 Å². The van der Waals surface area contributed by atoms with Crippen molar-refractivity contribution in [2.75, 3.05) is 13.1 Å². The number of rotatable bonds is 2. The SMILES string of the molecule is CCC1(C(C)C)CC2(CNC2)C1. The maximum absolute atomic E-state index is 3.40. The summed E-state index contributed by atoms with van der Waals surface area (Å²) in [6, 6.07) is 0. The van der Waals surface area contributed by atoms with Crippen molar-refractivity contribution in [3.05, 3.63) is 0 Å². The summed E-state index contributed by atoms with van der Waals surface area (Å²) in [5.41, 5.74) is 1.46. The van der Waals surface area contributed by atoms with E-state index >= 15 is 0 Å². The van der Waals surface area contributed by atoms with Gasteiger partial charge < -0.3 is 5.32 Å². The Balaban J connectivity index is 1.98. The van der Waals surface area contributed by atoms with E-state index in [1.165, 1.54) is 32.4 Å². The monoisotopic (exact) mass is 167 g/mol. The fourth-order valence-corrected chi connectivity index (χ4v) is 3.24. The fourth-order valence-electron chi connectivity index (χ4n) is 3.24. The van der Waals surface area contributed by atoms with Crippen molar-refractivity contribution in [1.82, 2.24) is 5.32 Å². The van der Waals surface area contributed by atoms with Gasteiger partial charge in [0, 0.05) is 13.1 Å². The minimum absolute atomic E-state index is 0.710. The molecule has 70 valence electrons. The summed E-state index contributed by atoms with van der Waals surface area (Å²) in [6.07, 6.45) is 4.36. The molecule has 1 aliphatic carbocycles. The molecule has 1 saturated heterocycles. The van der Waals surface area contributed by atoms with Gasteiger partial charge in [0.15, 0.2) is 0 Å². The highest BCUT2D eigenvalue weighted by Gasteiger charge is 2.57. The van der Waals surface area contributed by atoms with E-state index in [0.29, 0.717) is 5.41 Å². The predicted octanol–water partition coefficient (Wildman–Crippen LogP) is 2.42. The van der Waals surface area contributed by atoms with Crippen LogP contribution in [0.15, 0.2) is 0 Å². The molecular formula is C11H21N. The third-order valence-electron chi connectivity index (χ3n) is 4.38. The molecule has 0 aromatic rings. The molecule has 0 aromatic heterocycles. The quantitative estimate of drug-likeness (QED) is 0.666. The van der Waals surface area contributed by atoms with E-state index in [4.69, 9.17) is 0 Å². The molecule has 0 unspecified atom stereocenters. The summed E-state index contributed by atoms with van der Waals surface area (Å²) in [4.78, 5) is 0.